The van der Waals surface area contributed by atoms with Crippen molar-refractivity contribution in [2.45, 2.75) is 32.0 Å². The molecule has 2 unspecified atom stereocenters. The molecule has 3 rings (SSSR count). The molecular formula is C20H24BrNO6S. The van der Waals surface area contributed by atoms with E-state index in [1.165, 1.54) is 6.92 Å². The molecule has 0 aliphatic carbocycles. The van der Waals surface area contributed by atoms with Gasteiger partial charge in [0.05, 0.1) is 18.1 Å². The van der Waals surface area contributed by atoms with Gasteiger partial charge in [0, 0.05) is 18.2 Å². The van der Waals surface area contributed by atoms with Crippen molar-refractivity contribution in [3.05, 3.63) is 52.4 Å². The van der Waals surface area contributed by atoms with Crippen LogP contribution in [0.1, 0.15) is 29.5 Å². The Hall–Kier alpha value is -1.68. The molecule has 1 fully saturated rings. The van der Waals surface area contributed by atoms with E-state index in [1.807, 2.05) is 11.0 Å². The van der Waals surface area contributed by atoms with Gasteiger partial charge in [0.25, 0.3) is 0 Å². The van der Waals surface area contributed by atoms with Crippen molar-refractivity contribution in [1.82, 2.24) is 4.90 Å². The fourth-order valence-corrected chi connectivity index (χ4v) is 5.45. The van der Waals surface area contributed by atoms with Crippen LogP contribution in [-0.2, 0) is 16.4 Å². The first-order valence-corrected chi connectivity index (χ1v) is 11.9. The quantitative estimate of drug-likeness (QED) is 0.545. The van der Waals surface area contributed by atoms with Gasteiger partial charge in [-0.3, -0.25) is 9.69 Å². The second kappa shape index (κ2) is 9.42. The molecule has 1 aromatic heterocycles. The third-order valence-electron chi connectivity index (χ3n) is 4.86. The molecule has 1 saturated heterocycles. The number of hydrogen-bond donors (Lipinski definition) is 1. The number of nitrogens with zero attached hydrogens (tertiary/aromatic N) is 1. The summed E-state index contributed by atoms with van der Waals surface area (Å²) in [6.07, 6.45) is -0.284. The Morgan fingerprint density at radius 3 is 2.59 bits per heavy atom. The minimum atomic E-state index is -3.05. The van der Waals surface area contributed by atoms with E-state index in [2.05, 4.69) is 15.9 Å². The second-order valence-corrected chi connectivity index (χ2v) is 10.2. The zero-order valence-corrected chi connectivity index (χ0v) is 18.5. The van der Waals surface area contributed by atoms with Crippen LogP contribution in [0.2, 0.25) is 0 Å². The minimum Gasteiger partial charge on any atom is -0.491 e. The van der Waals surface area contributed by atoms with Crippen molar-refractivity contribution < 1.29 is 27.5 Å². The molecule has 1 aliphatic rings. The number of carbonyl (C=O) groups is 1. The summed E-state index contributed by atoms with van der Waals surface area (Å²) in [5.74, 6) is 1.46. The smallest absolute Gasteiger partial charge is 0.169 e. The standard InChI is InChI=1S/C20H24BrNO6S/c1-14(23)15-2-4-18(5-3-15)27-12-17(24)10-22(11-19-6-7-20(21)28-19)16-8-9-29(25,26)13-16/h2-7,16-17,24H,8-13H2,1H3. The monoisotopic (exact) mass is 485 g/mol. The lowest BCUT2D eigenvalue weighted by atomic mass is 10.1. The minimum absolute atomic E-state index is 0.0247. The van der Waals surface area contributed by atoms with Crippen molar-refractivity contribution >= 4 is 31.6 Å². The summed E-state index contributed by atoms with van der Waals surface area (Å²) in [5.41, 5.74) is 0.594. The zero-order valence-electron chi connectivity index (χ0n) is 16.1. The predicted molar refractivity (Wildman–Crippen MR) is 112 cm³/mol. The maximum absolute atomic E-state index is 11.9. The largest absolute Gasteiger partial charge is 0.491 e. The van der Waals surface area contributed by atoms with Crippen molar-refractivity contribution in [1.29, 1.82) is 0 Å². The van der Waals surface area contributed by atoms with Crippen molar-refractivity contribution in [3.63, 3.8) is 0 Å². The van der Waals surface area contributed by atoms with Crippen LogP contribution in [0.4, 0.5) is 0 Å². The summed E-state index contributed by atoms with van der Waals surface area (Å²) in [6.45, 7) is 2.20. The number of hydrogen-bond acceptors (Lipinski definition) is 7. The SMILES string of the molecule is CC(=O)c1ccc(OCC(O)CN(Cc2ccc(Br)o2)C2CCS(=O)(=O)C2)cc1. The molecule has 0 radical (unpaired) electrons. The second-order valence-electron chi connectivity index (χ2n) is 7.24. The molecule has 2 atom stereocenters. The van der Waals surface area contributed by atoms with Crippen LogP contribution < -0.4 is 4.74 Å². The molecule has 0 saturated carbocycles. The highest BCUT2D eigenvalue weighted by molar-refractivity contribution is 9.10. The number of aliphatic hydroxyl groups excluding tert-OH is 1. The fraction of sp³-hybridized carbons (Fsp3) is 0.450. The van der Waals surface area contributed by atoms with Gasteiger partial charge in [0.1, 0.15) is 24.2 Å². The number of rotatable bonds is 9. The van der Waals surface area contributed by atoms with Gasteiger partial charge in [-0.15, -0.1) is 0 Å². The van der Waals surface area contributed by atoms with Crippen LogP contribution in [0, 0.1) is 0 Å². The van der Waals surface area contributed by atoms with Gasteiger partial charge in [0.2, 0.25) is 0 Å². The Kier molecular flexibility index (Phi) is 7.15. The van der Waals surface area contributed by atoms with Crippen LogP contribution >= 0.6 is 15.9 Å². The van der Waals surface area contributed by atoms with Crippen LogP contribution in [0.5, 0.6) is 5.75 Å². The van der Waals surface area contributed by atoms with E-state index < -0.39 is 15.9 Å². The molecule has 0 spiro atoms. The number of Topliss-reactive ketones (excluding diaryl/α,β-unsaturated/α-hetero) is 1. The molecule has 9 heteroatoms. The summed E-state index contributed by atoms with van der Waals surface area (Å²) in [6, 6.07) is 10.1. The number of halogens is 1. The number of benzene rings is 1. The summed E-state index contributed by atoms with van der Waals surface area (Å²) < 4.78 is 35.6. The van der Waals surface area contributed by atoms with Gasteiger partial charge < -0.3 is 14.3 Å². The van der Waals surface area contributed by atoms with E-state index in [0.29, 0.717) is 34.7 Å². The van der Waals surface area contributed by atoms with Crippen LogP contribution in [0.15, 0.2) is 45.5 Å². The number of ether oxygens (including phenoxy) is 1. The van der Waals surface area contributed by atoms with Gasteiger partial charge in [-0.25, -0.2) is 8.42 Å². The van der Waals surface area contributed by atoms with Gasteiger partial charge in [-0.05, 0) is 65.7 Å². The molecule has 1 N–H and O–H groups in total. The average molecular weight is 486 g/mol. The number of sulfone groups is 1. The van der Waals surface area contributed by atoms with Gasteiger partial charge in [-0.2, -0.15) is 0 Å². The lowest BCUT2D eigenvalue weighted by Crippen LogP contribution is -2.42. The van der Waals surface area contributed by atoms with E-state index >= 15 is 0 Å². The summed E-state index contributed by atoms with van der Waals surface area (Å²) >= 11 is 3.27. The lowest BCUT2D eigenvalue weighted by Gasteiger charge is -2.29. The highest BCUT2D eigenvalue weighted by atomic mass is 79.9. The first kappa shape index (κ1) is 22.0. The Labute approximate surface area is 178 Å². The fourth-order valence-electron chi connectivity index (χ4n) is 3.34. The van der Waals surface area contributed by atoms with Crippen molar-refractivity contribution in [3.8, 4) is 5.75 Å². The van der Waals surface area contributed by atoms with Gasteiger partial charge >= 0.3 is 0 Å². The Bertz CT molecular complexity index is 940. The first-order chi connectivity index (χ1) is 13.7. The summed E-state index contributed by atoms with van der Waals surface area (Å²) in [4.78, 5) is 13.3. The van der Waals surface area contributed by atoms with Gasteiger partial charge in [0.15, 0.2) is 20.3 Å². The number of ketones is 1. The number of carbonyl (C=O) groups excluding carboxylic acids is 1. The van der Waals surface area contributed by atoms with Crippen molar-refractivity contribution in [2.75, 3.05) is 24.7 Å². The van der Waals surface area contributed by atoms with Gasteiger partial charge in [-0.1, -0.05) is 0 Å². The lowest BCUT2D eigenvalue weighted by molar-refractivity contribution is 0.0496. The van der Waals surface area contributed by atoms with E-state index in [1.54, 1.807) is 30.3 Å². The number of aliphatic hydroxyl groups is 1. The topological polar surface area (TPSA) is 97.1 Å². The maximum atomic E-state index is 11.9. The van der Waals surface area contributed by atoms with Crippen LogP contribution in [-0.4, -0.2) is 61.0 Å². The van der Waals surface area contributed by atoms with Crippen molar-refractivity contribution in [2.24, 2.45) is 0 Å². The molecule has 2 aromatic rings. The Morgan fingerprint density at radius 2 is 2.03 bits per heavy atom. The average Bonchev–Trinajstić information content (AvgIpc) is 3.24. The molecule has 2 heterocycles. The van der Waals surface area contributed by atoms with E-state index in [0.717, 1.165) is 0 Å². The molecule has 1 aliphatic heterocycles. The molecule has 7 nitrogen and oxygen atoms in total. The van der Waals surface area contributed by atoms with Crippen LogP contribution in [0.3, 0.4) is 0 Å². The Balaban J connectivity index is 1.60. The normalized spacial score (nSPS) is 19.4. The van der Waals surface area contributed by atoms with Crippen LogP contribution in [0.25, 0.3) is 0 Å². The molecule has 158 valence electrons. The Morgan fingerprint density at radius 1 is 1.31 bits per heavy atom. The highest BCUT2D eigenvalue weighted by Gasteiger charge is 2.33. The first-order valence-electron chi connectivity index (χ1n) is 9.32. The van der Waals surface area contributed by atoms with E-state index in [4.69, 9.17) is 9.15 Å². The predicted octanol–water partition coefficient (Wildman–Crippen LogP) is 2.67. The third-order valence-corrected chi connectivity index (χ3v) is 7.04. The molecule has 29 heavy (non-hydrogen) atoms. The molecule has 0 bridgehead atoms. The maximum Gasteiger partial charge on any atom is 0.169 e. The van der Waals surface area contributed by atoms with E-state index in [-0.39, 0.29) is 36.5 Å². The highest BCUT2D eigenvalue weighted by Crippen LogP contribution is 2.23. The summed E-state index contributed by atoms with van der Waals surface area (Å²) in [7, 11) is -3.05. The number of furan rings is 1. The molecular weight excluding hydrogens is 462 g/mol. The molecule has 1 aromatic carbocycles. The summed E-state index contributed by atoms with van der Waals surface area (Å²) in [5, 5.41) is 10.5. The molecule has 0 amide bonds. The van der Waals surface area contributed by atoms with E-state index in [9.17, 15) is 18.3 Å². The zero-order chi connectivity index (χ0) is 21.0. The third kappa shape index (κ3) is 6.40.